The minimum atomic E-state index is -4.06. The van der Waals surface area contributed by atoms with Crippen LogP contribution in [0.3, 0.4) is 0 Å². The van der Waals surface area contributed by atoms with Crippen molar-refractivity contribution in [2.45, 2.75) is 29.2 Å². The van der Waals surface area contributed by atoms with E-state index in [1.807, 2.05) is 30.3 Å². The Bertz CT molecular complexity index is 1170. The zero-order chi connectivity index (χ0) is 21.5. The zero-order valence-corrected chi connectivity index (χ0v) is 17.9. The fraction of sp³-hybridized carbons (Fsp3) is 0.300. The number of hydrogen-bond donors (Lipinski definition) is 2. The van der Waals surface area contributed by atoms with Gasteiger partial charge < -0.3 is 14.4 Å². The van der Waals surface area contributed by atoms with Crippen LogP contribution in [0.15, 0.2) is 57.3 Å². The lowest BCUT2D eigenvalue weighted by Crippen LogP contribution is -2.45. The molecule has 0 spiro atoms. The average Bonchev–Trinajstić information content (AvgIpc) is 3.12. The van der Waals surface area contributed by atoms with Crippen molar-refractivity contribution in [1.82, 2.24) is 9.88 Å². The maximum Gasteiger partial charge on any atom is 0.325 e. The van der Waals surface area contributed by atoms with Crippen molar-refractivity contribution in [3.05, 3.63) is 59.9 Å². The molecular formula is C20H20N2O6S2. The number of hydrogen-bond acceptors (Lipinski definition) is 7. The molecule has 30 heavy (non-hydrogen) atoms. The van der Waals surface area contributed by atoms with Crippen LogP contribution in [0.1, 0.15) is 24.2 Å². The Labute approximate surface area is 177 Å². The number of ether oxygens (including phenoxy) is 1. The molecule has 2 N–H and O–H groups in total. The van der Waals surface area contributed by atoms with Crippen LogP contribution in [-0.2, 0) is 26.2 Å². The summed E-state index contributed by atoms with van der Waals surface area (Å²) in [4.78, 5) is 12.7. The number of nitrogens with one attached hydrogen (secondary N) is 1. The molecule has 1 unspecified atom stereocenters. The van der Waals surface area contributed by atoms with E-state index in [-0.39, 0.29) is 10.8 Å². The van der Waals surface area contributed by atoms with Gasteiger partial charge in [-0.3, -0.25) is 4.79 Å². The van der Waals surface area contributed by atoms with Crippen LogP contribution in [-0.4, -0.2) is 37.3 Å². The highest BCUT2D eigenvalue weighted by Gasteiger charge is 2.70. The van der Waals surface area contributed by atoms with Crippen LogP contribution in [0.4, 0.5) is 0 Å². The summed E-state index contributed by atoms with van der Waals surface area (Å²) in [5.41, 5.74) is -0.303. The predicted molar refractivity (Wildman–Crippen MR) is 110 cm³/mol. The third-order valence-corrected chi connectivity index (χ3v) is 8.44. The third-order valence-electron chi connectivity index (χ3n) is 5.36. The molecule has 1 aromatic carbocycles. The van der Waals surface area contributed by atoms with Crippen molar-refractivity contribution in [1.29, 1.82) is 0 Å². The second-order valence-electron chi connectivity index (χ2n) is 7.19. The van der Waals surface area contributed by atoms with Gasteiger partial charge in [-0.2, -0.15) is 4.72 Å². The van der Waals surface area contributed by atoms with Crippen molar-refractivity contribution < 1.29 is 27.6 Å². The minimum Gasteiger partial charge on any atom is -0.480 e. The van der Waals surface area contributed by atoms with E-state index in [0.717, 1.165) is 16.9 Å². The topological polar surface area (TPSA) is 119 Å². The monoisotopic (exact) mass is 448 g/mol. The molecule has 0 aliphatic heterocycles. The summed E-state index contributed by atoms with van der Waals surface area (Å²) in [5, 5.41) is 13.8. The summed E-state index contributed by atoms with van der Waals surface area (Å²) in [6.45, 7) is 1.99. The number of carboxylic acid groups (broad SMARTS) is 1. The number of rotatable bonds is 8. The standard InChI is InChI=1S/C20H20N2O6S2/c1-12-18(13-6-4-3-5-7-13)20(12,19(23)24)22-30(25,26)17-9-8-16(29-17)15-10-14(11-27-2)28-21-15/h3-10,12,18,22H,11H2,1-2H3,(H,23,24)/t12?,18-,20+/m1/s1. The van der Waals surface area contributed by atoms with Gasteiger partial charge in [-0.05, 0) is 23.6 Å². The van der Waals surface area contributed by atoms with Crippen LogP contribution in [0, 0.1) is 5.92 Å². The summed E-state index contributed by atoms with van der Waals surface area (Å²) in [7, 11) is -2.53. The van der Waals surface area contributed by atoms with Crippen LogP contribution in [0.25, 0.3) is 10.6 Å². The number of sulfonamides is 1. The van der Waals surface area contributed by atoms with Gasteiger partial charge in [-0.1, -0.05) is 42.4 Å². The van der Waals surface area contributed by atoms with E-state index in [1.54, 1.807) is 19.1 Å². The van der Waals surface area contributed by atoms with E-state index in [1.165, 1.54) is 13.2 Å². The van der Waals surface area contributed by atoms with E-state index in [0.29, 0.717) is 16.3 Å². The third kappa shape index (κ3) is 3.45. The van der Waals surface area contributed by atoms with Crippen molar-refractivity contribution in [3.8, 4) is 10.6 Å². The molecule has 0 amide bonds. The summed E-state index contributed by atoms with van der Waals surface area (Å²) in [5.74, 6) is -1.51. The van der Waals surface area contributed by atoms with Crippen LogP contribution < -0.4 is 4.72 Å². The first-order valence-electron chi connectivity index (χ1n) is 9.16. The highest BCUT2D eigenvalue weighted by Crippen LogP contribution is 2.58. The van der Waals surface area contributed by atoms with Crippen molar-refractivity contribution >= 4 is 27.3 Å². The molecule has 1 aliphatic carbocycles. The molecule has 0 bridgehead atoms. The molecule has 0 radical (unpaired) electrons. The SMILES string of the molecule is COCc1cc(-c2ccc(S(=O)(=O)N[C@@]3(C(=O)O)C(C)[C@@H]3c3ccccc3)s2)no1. The van der Waals surface area contributed by atoms with E-state index in [4.69, 9.17) is 9.26 Å². The first-order chi connectivity index (χ1) is 14.3. The Balaban J connectivity index is 1.61. The minimum absolute atomic E-state index is 0.0142. The maximum absolute atomic E-state index is 13.0. The average molecular weight is 449 g/mol. The fourth-order valence-corrected chi connectivity index (χ4v) is 6.53. The molecule has 8 nitrogen and oxygen atoms in total. The van der Waals surface area contributed by atoms with E-state index < -0.39 is 33.4 Å². The first-order valence-corrected chi connectivity index (χ1v) is 11.5. The fourth-order valence-electron chi connectivity index (χ4n) is 3.82. The Hall–Kier alpha value is -2.53. The highest BCUT2D eigenvalue weighted by atomic mass is 32.2. The lowest BCUT2D eigenvalue weighted by atomic mass is 10.1. The predicted octanol–water partition coefficient (Wildman–Crippen LogP) is 3.08. The summed E-state index contributed by atoms with van der Waals surface area (Å²) < 4.78 is 38.7. The molecular weight excluding hydrogens is 428 g/mol. The number of aliphatic carboxylic acids is 1. The van der Waals surface area contributed by atoms with Gasteiger partial charge in [0.25, 0.3) is 10.0 Å². The van der Waals surface area contributed by atoms with Crippen LogP contribution in [0.5, 0.6) is 0 Å². The molecule has 2 heterocycles. The second kappa shape index (κ2) is 7.62. The molecule has 1 aliphatic rings. The molecule has 1 fully saturated rings. The van der Waals surface area contributed by atoms with Gasteiger partial charge >= 0.3 is 5.97 Å². The first kappa shape index (κ1) is 20.7. The number of carboxylic acids is 1. The normalized spacial score (nSPS) is 23.4. The van der Waals surface area contributed by atoms with Crippen molar-refractivity contribution in [2.75, 3.05) is 7.11 Å². The van der Waals surface area contributed by atoms with Crippen LogP contribution >= 0.6 is 11.3 Å². The largest absolute Gasteiger partial charge is 0.480 e. The van der Waals surface area contributed by atoms with E-state index >= 15 is 0 Å². The van der Waals surface area contributed by atoms with Gasteiger partial charge in [-0.15, -0.1) is 11.3 Å². The second-order valence-corrected chi connectivity index (χ2v) is 10.2. The van der Waals surface area contributed by atoms with Crippen LogP contribution in [0.2, 0.25) is 0 Å². The molecule has 2 aromatic heterocycles. The maximum atomic E-state index is 13.0. The zero-order valence-electron chi connectivity index (χ0n) is 16.2. The van der Waals surface area contributed by atoms with E-state index in [2.05, 4.69) is 9.88 Å². The molecule has 10 heteroatoms. The van der Waals surface area contributed by atoms with Crippen molar-refractivity contribution in [2.24, 2.45) is 5.92 Å². The van der Waals surface area contributed by atoms with Gasteiger partial charge in [0.15, 0.2) is 5.76 Å². The summed E-state index contributed by atoms with van der Waals surface area (Å²) in [6.07, 6.45) is 0. The number of aromatic nitrogens is 1. The Morgan fingerprint density at radius 2 is 2.03 bits per heavy atom. The van der Waals surface area contributed by atoms with Gasteiger partial charge in [-0.25, -0.2) is 8.42 Å². The Kier molecular flexibility index (Phi) is 5.27. The Morgan fingerprint density at radius 1 is 1.30 bits per heavy atom. The molecule has 3 atom stereocenters. The molecule has 1 saturated carbocycles. The number of thiophene rings is 1. The molecule has 4 rings (SSSR count). The van der Waals surface area contributed by atoms with Gasteiger partial charge in [0.2, 0.25) is 0 Å². The molecule has 158 valence electrons. The number of benzene rings is 1. The summed E-state index contributed by atoms with van der Waals surface area (Å²) in [6, 6.07) is 13.8. The smallest absolute Gasteiger partial charge is 0.325 e. The lowest BCUT2D eigenvalue weighted by Gasteiger charge is -2.15. The quantitative estimate of drug-likeness (QED) is 0.543. The number of carbonyl (C=O) groups is 1. The lowest BCUT2D eigenvalue weighted by molar-refractivity contribution is -0.140. The highest BCUT2D eigenvalue weighted by molar-refractivity contribution is 7.91. The molecule has 3 aromatic rings. The van der Waals surface area contributed by atoms with E-state index in [9.17, 15) is 18.3 Å². The van der Waals surface area contributed by atoms with Gasteiger partial charge in [0.05, 0.1) is 4.88 Å². The molecule has 0 saturated heterocycles. The van der Waals surface area contributed by atoms with Crippen molar-refractivity contribution in [3.63, 3.8) is 0 Å². The summed E-state index contributed by atoms with van der Waals surface area (Å²) >= 11 is 0.996. The number of nitrogens with zero attached hydrogens (tertiary/aromatic N) is 1. The Morgan fingerprint density at radius 3 is 2.70 bits per heavy atom. The van der Waals surface area contributed by atoms with Gasteiger partial charge in [0, 0.05) is 19.1 Å². The van der Waals surface area contributed by atoms with Gasteiger partial charge in [0.1, 0.15) is 22.0 Å². The number of methoxy groups -OCH3 is 1.